The van der Waals surface area contributed by atoms with Gasteiger partial charge in [0, 0.05) is 16.2 Å². The minimum Gasteiger partial charge on any atom is -0.497 e. The Morgan fingerprint density at radius 3 is 2.38 bits per heavy atom. The van der Waals surface area contributed by atoms with Crippen LogP contribution in [0.25, 0.3) is 33.5 Å². The standard InChI is InChI=1S/C19H15BrN4O.C2HF3O2/c1-25-14-5-2-11(3-6-14)12-8-15(18(21)22-10-12)19-23-16-7-4-13(20)9-17(16)24-19;3-2(4,5)1(6)7/h2-10H,1H3,(H2,21,22)(H,23,24);(H,6,7). The van der Waals surface area contributed by atoms with Gasteiger partial charge in [-0.15, -0.1) is 0 Å². The molecule has 4 N–H and O–H groups in total. The van der Waals surface area contributed by atoms with Crippen LogP contribution in [0.5, 0.6) is 5.75 Å². The van der Waals surface area contributed by atoms with Gasteiger partial charge in [0.15, 0.2) is 0 Å². The third-order valence-electron chi connectivity index (χ3n) is 4.28. The third kappa shape index (κ3) is 5.35. The molecule has 0 aliphatic heterocycles. The lowest BCUT2D eigenvalue weighted by Gasteiger charge is -2.07. The molecular formula is C21H16BrF3N4O3. The molecule has 0 aliphatic carbocycles. The van der Waals surface area contributed by atoms with Gasteiger partial charge < -0.3 is 20.6 Å². The number of carboxylic acid groups (broad SMARTS) is 1. The smallest absolute Gasteiger partial charge is 0.490 e. The molecule has 2 aromatic carbocycles. The first-order chi connectivity index (χ1) is 15.1. The van der Waals surface area contributed by atoms with E-state index in [0.29, 0.717) is 11.6 Å². The monoisotopic (exact) mass is 508 g/mol. The molecule has 0 spiro atoms. The molecule has 7 nitrogen and oxygen atoms in total. The summed E-state index contributed by atoms with van der Waals surface area (Å²) < 4.78 is 37.9. The second-order valence-electron chi connectivity index (χ2n) is 6.44. The molecule has 0 saturated carbocycles. The van der Waals surface area contributed by atoms with Crippen LogP contribution in [0.3, 0.4) is 0 Å². The lowest BCUT2D eigenvalue weighted by Crippen LogP contribution is -2.21. The molecule has 32 heavy (non-hydrogen) atoms. The first-order valence-corrected chi connectivity index (χ1v) is 9.73. The van der Waals surface area contributed by atoms with E-state index in [9.17, 15) is 13.2 Å². The van der Waals surface area contributed by atoms with Gasteiger partial charge in [0.2, 0.25) is 0 Å². The number of pyridine rings is 1. The number of carbonyl (C=O) groups is 1. The number of hydrogen-bond acceptors (Lipinski definition) is 5. The Bertz CT molecular complexity index is 1260. The summed E-state index contributed by atoms with van der Waals surface area (Å²) in [5.41, 5.74) is 10.7. The van der Waals surface area contributed by atoms with Crippen molar-refractivity contribution in [2.24, 2.45) is 0 Å². The zero-order valence-corrected chi connectivity index (χ0v) is 18.0. The topological polar surface area (TPSA) is 114 Å². The maximum atomic E-state index is 10.6. The first-order valence-electron chi connectivity index (χ1n) is 8.94. The third-order valence-corrected chi connectivity index (χ3v) is 4.78. The molecule has 0 radical (unpaired) electrons. The van der Waals surface area contributed by atoms with Crippen molar-refractivity contribution in [3.05, 3.63) is 59.2 Å². The minimum atomic E-state index is -5.08. The van der Waals surface area contributed by atoms with Crippen LogP contribution in [0.2, 0.25) is 0 Å². The molecule has 0 amide bonds. The number of carboxylic acids is 1. The van der Waals surface area contributed by atoms with Gasteiger partial charge in [-0.3, -0.25) is 0 Å². The Balaban J connectivity index is 0.000000360. The van der Waals surface area contributed by atoms with Crippen molar-refractivity contribution in [1.82, 2.24) is 15.0 Å². The molecule has 0 unspecified atom stereocenters. The molecule has 0 aliphatic rings. The lowest BCUT2D eigenvalue weighted by atomic mass is 10.1. The zero-order valence-electron chi connectivity index (χ0n) is 16.4. The highest BCUT2D eigenvalue weighted by atomic mass is 79.9. The normalized spacial score (nSPS) is 11.0. The number of fused-ring (bicyclic) bond motifs is 1. The number of nitrogens with two attached hydrogens (primary N) is 1. The molecule has 4 rings (SSSR count). The number of alkyl halides is 3. The van der Waals surface area contributed by atoms with Crippen LogP contribution >= 0.6 is 15.9 Å². The maximum Gasteiger partial charge on any atom is 0.490 e. The van der Waals surface area contributed by atoms with E-state index >= 15 is 0 Å². The second-order valence-corrected chi connectivity index (χ2v) is 7.35. The number of rotatable bonds is 3. The van der Waals surface area contributed by atoms with Crippen molar-refractivity contribution in [1.29, 1.82) is 0 Å². The Morgan fingerprint density at radius 2 is 1.78 bits per heavy atom. The van der Waals surface area contributed by atoms with Crippen molar-refractivity contribution >= 4 is 38.8 Å². The number of nitrogen functional groups attached to an aromatic ring is 1. The number of nitrogens with zero attached hydrogens (tertiary/aromatic N) is 2. The van der Waals surface area contributed by atoms with E-state index in [-0.39, 0.29) is 0 Å². The number of benzene rings is 2. The molecular weight excluding hydrogens is 493 g/mol. The number of H-pyrrole nitrogens is 1. The van der Waals surface area contributed by atoms with Gasteiger partial charge in [0.1, 0.15) is 17.4 Å². The van der Waals surface area contributed by atoms with Crippen molar-refractivity contribution in [2.75, 3.05) is 12.8 Å². The first kappa shape index (κ1) is 23.1. The second kappa shape index (κ2) is 9.27. The van der Waals surface area contributed by atoms with Crippen LogP contribution < -0.4 is 10.5 Å². The minimum absolute atomic E-state index is 0.440. The summed E-state index contributed by atoms with van der Waals surface area (Å²) in [6.45, 7) is 0. The van der Waals surface area contributed by atoms with E-state index in [4.69, 9.17) is 20.4 Å². The van der Waals surface area contributed by atoms with Crippen LogP contribution in [-0.4, -0.2) is 39.3 Å². The number of imidazole rings is 1. The van der Waals surface area contributed by atoms with Crippen molar-refractivity contribution < 1.29 is 27.8 Å². The van der Waals surface area contributed by atoms with E-state index in [1.165, 1.54) is 0 Å². The number of aromatic nitrogens is 3. The van der Waals surface area contributed by atoms with Crippen molar-refractivity contribution in [2.45, 2.75) is 6.18 Å². The van der Waals surface area contributed by atoms with Crippen molar-refractivity contribution in [3.63, 3.8) is 0 Å². The SMILES string of the molecule is COc1ccc(-c2cnc(N)c(-c3nc4ccc(Br)cc4[nH]3)c2)cc1.O=C(O)C(F)(F)F. The Labute approximate surface area is 188 Å². The Morgan fingerprint density at radius 1 is 1.12 bits per heavy atom. The fraction of sp³-hybridized carbons (Fsp3) is 0.0952. The summed E-state index contributed by atoms with van der Waals surface area (Å²) in [6, 6.07) is 15.7. The van der Waals surface area contributed by atoms with E-state index in [1.807, 2.05) is 48.5 Å². The fourth-order valence-electron chi connectivity index (χ4n) is 2.72. The molecule has 166 valence electrons. The number of ether oxygens (including phenoxy) is 1. The predicted molar refractivity (Wildman–Crippen MR) is 117 cm³/mol. The van der Waals surface area contributed by atoms with Crippen LogP contribution in [0, 0.1) is 0 Å². The molecule has 4 aromatic rings. The van der Waals surface area contributed by atoms with Gasteiger partial charge in [-0.1, -0.05) is 28.1 Å². The predicted octanol–water partition coefficient (Wildman–Crippen LogP) is 5.28. The largest absolute Gasteiger partial charge is 0.497 e. The Kier molecular flexibility index (Phi) is 6.68. The number of aromatic amines is 1. The number of aliphatic carboxylic acids is 1. The lowest BCUT2D eigenvalue weighted by molar-refractivity contribution is -0.192. The fourth-order valence-corrected chi connectivity index (χ4v) is 3.08. The quantitative estimate of drug-likeness (QED) is 0.347. The van der Waals surface area contributed by atoms with Gasteiger partial charge in [-0.05, 0) is 42.0 Å². The molecule has 0 fully saturated rings. The summed E-state index contributed by atoms with van der Waals surface area (Å²) in [5.74, 6) is -0.799. The number of anilines is 1. The summed E-state index contributed by atoms with van der Waals surface area (Å²) in [4.78, 5) is 21.2. The highest BCUT2D eigenvalue weighted by Gasteiger charge is 2.38. The maximum absolute atomic E-state index is 10.6. The van der Waals surface area contributed by atoms with Crippen LogP contribution in [0.1, 0.15) is 0 Å². The van der Waals surface area contributed by atoms with Crippen LogP contribution in [-0.2, 0) is 4.79 Å². The van der Waals surface area contributed by atoms with Crippen molar-refractivity contribution in [3.8, 4) is 28.3 Å². The van der Waals surface area contributed by atoms with Gasteiger partial charge in [-0.2, -0.15) is 13.2 Å². The van der Waals surface area contributed by atoms with E-state index in [0.717, 1.165) is 37.9 Å². The molecule has 0 atom stereocenters. The van der Waals surface area contributed by atoms with Gasteiger partial charge in [0.05, 0.1) is 23.7 Å². The molecule has 11 heteroatoms. The van der Waals surface area contributed by atoms with E-state index in [1.54, 1.807) is 13.3 Å². The number of hydrogen-bond donors (Lipinski definition) is 3. The summed E-state index contributed by atoms with van der Waals surface area (Å²) >= 11 is 3.47. The number of nitrogens with one attached hydrogen (secondary N) is 1. The summed E-state index contributed by atoms with van der Waals surface area (Å²) in [7, 11) is 1.65. The summed E-state index contributed by atoms with van der Waals surface area (Å²) in [6.07, 6.45) is -3.32. The van der Waals surface area contributed by atoms with E-state index < -0.39 is 12.1 Å². The average Bonchev–Trinajstić information content (AvgIpc) is 3.17. The highest BCUT2D eigenvalue weighted by molar-refractivity contribution is 9.10. The molecule has 2 aromatic heterocycles. The molecule has 0 saturated heterocycles. The van der Waals surface area contributed by atoms with Gasteiger partial charge in [0.25, 0.3) is 0 Å². The van der Waals surface area contributed by atoms with Crippen LogP contribution in [0.15, 0.2) is 59.2 Å². The number of methoxy groups -OCH3 is 1. The molecule has 2 heterocycles. The van der Waals surface area contributed by atoms with Gasteiger partial charge >= 0.3 is 12.1 Å². The van der Waals surface area contributed by atoms with E-state index in [2.05, 4.69) is 30.9 Å². The number of halogens is 4. The average molecular weight is 509 g/mol. The molecule has 0 bridgehead atoms. The van der Waals surface area contributed by atoms with Gasteiger partial charge in [-0.25, -0.2) is 14.8 Å². The van der Waals surface area contributed by atoms with Crippen LogP contribution in [0.4, 0.5) is 19.0 Å². The highest BCUT2D eigenvalue weighted by Crippen LogP contribution is 2.30. The zero-order chi connectivity index (χ0) is 23.5. The Hall–Kier alpha value is -3.60. The summed E-state index contributed by atoms with van der Waals surface area (Å²) in [5, 5.41) is 7.12.